The van der Waals surface area contributed by atoms with Crippen molar-refractivity contribution in [1.82, 2.24) is 0 Å². The van der Waals surface area contributed by atoms with Gasteiger partial charge in [0.1, 0.15) is 0 Å². The average Bonchev–Trinajstić information content (AvgIpc) is 2.26. The second kappa shape index (κ2) is 3.56. The summed E-state index contributed by atoms with van der Waals surface area (Å²) in [5, 5.41) is 0. The molecule has 0 amide bonds. The third kappa shape index (κ3) is 1.45. The molecular weight excluding hydrogens is 168 g/mol. The van der Waals surface area contributed by atoms with Crippen molar-refractivity contribution in [2.45, 2.75) is 57.8 Å². The molecule has 0 bridgehead atoms. The van der Waals surface area contributed by atoms with Crippen LogP contribution in [0, 0.1) is 6.42 Å². The lowest BCUT2D eigenvalue weighted by Crippen LogP contribution is -2.12. The highest BCUT2D eigenvalue weighted by Crippen LogP contribution is 2.42. The van der Waals surface area contributed by atoms with Crippen molar-refractivity contribution >= 4 is 0 Å². The maximum atomic E-state index is 3.72. The van der Waals surface area contributed by atoms with Crippen LogP contribution in [0.2, 0.25) is 0 Å². The quantitative estimate of drug-likeness (QED) is 0.531. The molecule has 3 rings (SSSR count). The first kappa shape index (κ1) is 8.76. The minimum atomic E-state index is 1.31. The van der Waals surface area contributed by atoms with Gasteiger partial charge in [0.2, 0.25) is 0 Å². The molecule has 0 saturated heterocycles. The summed E-state index contributed by atoms with van der Waals surface area (Å²) in [6.07, 6.45) is 16.0. The van der Waals surface area contributed by atoms with Crippen LogP contribution in [-0.4, -0.2) is 0 Å². The summed E-state index contributed by atoms with van der Waals surface area (Å²) in [6.45, 7) is 0. The van der Waals surface area contributed by atoms with Gasteiger partial charge in [0.15, 0.2) is 0 Å². The van der Waals surface area contributed by atoms with Gasteiger partial charge in [-0.1, -0.05) is 22.3 Å². The predicted molar refractivity (Wildman–Crippen MR) is 58.8 cm³/mol. The molecule has 0 saturated carbocycles. The summed E-state index contributed by atoms with van der Waals surface area (Å²) < 4.78 is 0. The van der Waals surface area contributed by atoms with E-state index in [1.807, 2.05) is 0 Å². The molecule has 0 heteroatoms. The first-order chi connectivity index (χ1) is 6.93. The normalized spacial score (nSPS) is 27.4. The van der Waals surface area contributed by atoms with E-state index in [2.05, 4.69) is 6.42 Å². The zero-order chi connectivity index (χ0) is 9.38. The van der Waals surface area contributed by atoms with Crippen molar-refractivity contribution in [3.05, 3.63) is 28.7 Å². The molecule has 0 fully saturated rings. The van der Waals surface area contributed by atoms with Crippen LogP contribution in [0.3, 0.4) is 0 Å². The Morgan fingerprint density at radius 3 is 1.71 bits per heavy atom. The Bertz CT molecular complexity index is 244. The van der Waals surface area contributed by atoms with E-state index < -0.39 is 0 Å². The third-order valence-electron chi connectivity index (χ3n) is 3.89. The second-order valence-corrected chi connectivity index (χ2v) is 4.88. The molecule has 0 aromatic rings. The van der Waals surface area contributed by atoms with Crippen molar-refractivity contribution in [2.24, 2.45) is 0 Å². The van der Waals surface area contributed by atoms with Crippen molar-refractivity contribution in [3.8, 4) is 0 Å². The largest absolute Gasteiger partial charge is 0.0660 e. The van der Waals surface area contributed by atoms with E-state index in [-0.39, 0.29) is 0 Å². The Morgan fingerprint density at radius 2 is 1.14 bits per heavy atom. The minimum absolute atomic E-state index is 1.31. The van der Waals surface area contributed by atoms with Crippen LogP contribution in [0.25, 0.3) is 0 Å². The highest BCUT2D eigenvalue weighted by molar-refractivity contribution is 5.45. The average molecular weight is 186 g/mol. The van der Waals surface area contributed by atoms with E-state index in [1.54, 1.807) is 22.3 Å². The van der Waals surface area contributed by atoms with Crippen molar-refractivity contribution in [1.29, 1.82) is 0 Å². The van der Waals surface area contributed by atoms with Crippen LogP contribution in [0.1, 0.15) is 57.8 Å². The lowest BCUT2D eigenvalue weighted by Gasteiger charge is -2.30. The third-order valence-corrected chi connectivity index (χ3v) is 3.89. The molecule has 0 N–H and O–H groups in total. The van der Waals surface area contributed by atoms with Gasteiger partial charge in [0, 0.05) is 6.42 Å². The zero-order valence-corrected chi connectivity index (χ0v) is 8.86. The Balaban J connectivity index is 1.84. The van der Waals surface area contributed by atoms with E-state index in [4.69, 9.17) is 0 Å². The van der Waals surface area contributed by atoms with Gasteiger partial charge in [0.05, 0.1) is 0 Å². The van der Waals surface area contributed by atoms with Gasteiger partial charge in [0.25, 0.3) is 0 Å². The fourth-order valence-corrected chi connectivity index (χ4v) is 3.07. The number of rotatable bonds is 0. The first-order valence-electron chi connectivity index (χ1n) is 6.12. The molecule has 3 aliphatic carbocycles. The Morgan fingerprint density at radius 1 is 0.643 bits per heavy atom. The van der Waals surface area contributed by atoms with Gasteiger partial charge in [-0.25, -0.2) is 0 Å². The SMILES string of the molecule is [C]1C2=C(CCCC2)CC2=C1CCCC2. The molecule has 0 atom stereocenters. The molecule has 0 aliphatic heterocycles. The van der Waals surface area contributed by atoms with E-state index >= 15 is 0 Å². The molecular formula is C14H18. The number of allylic oxidation sites excluding steroid dienone is 4. The van der Waals surface area contributed by atoms with Gasteiger partial charge in [-0.15, -0.1) is 0 Å². The Hall–Kier alpha value is -0.520. The fourth-order valence-electron chi connectivity index (χ4n) is 3.07. The summed E-state index contributed by atoms with van der Waals surface area (Å²) in [6, 6.07) is 0. The topological polar surface area (TPSA) is 0 Å². The summed E-state index contributed by atoms with van der Waals surface area (Å²) >= 11 is 0. The summed E-state index contributed by atoms with van der Waals surface area (Å²) in [7, 11) is 0. The Kier molecular flexibility index (Phi) is 2.23. The molecule has 74 valence electrons. The summed E-state index contributed by atoms with van der Waals surface area (Å²) in [5.74, 6) is 0. The minimum Gasteiger partial charge on any atom is -0.0660 e. The molecule has 0 nitrogen and oxygen atoms in total. The summed E-state index contributed by atoms with van der Waals surface area (Å²) in [5.41, 5.74) is 6.66. The fraction of sp³-hybridized carbons (Fsp3) is 0.643. The molecule has 0 unspecified atom stereocenters. The van der Waals surface area contributed by atoms with Gasteiger partial charge in [-0.05, 0) is 57.8 Å². The molecule has 3 aliphatic rings. The smallest absolute Gasteiger partial charge is 0.0412 e. The molecule has 0 heterocycles. The zero-order valence-electron chi connectivity index (χ0n) is 8.86. The highest BCUT2D eigenvalue weighted by atomic mass is 14.3. The lowest BCUT2D eigenvalue weighted by molar-refractivity contribution is 0.608. The van der Waals surface area contributed by atoms with Gasteiger partial charge in [-0.2, -0.15) is 0 Å². The van der Waals surface area contributed by atoms with Crippen LogP contribution in [-0.2, 0) is 0 Å². The number of hydrogen-bond acceptors (Lipinski definition) is 0. The first-order valence-corrected chi connectivity index (χ1v) is 6.12. The molecule has 0 aromatic heterocycles. The van der Waals surface area contributed by atoms with Crippen LogP contribution < -0.4 is 0 Å². The monoisotopic (exact) mass is 186 g/mol. The van der Waals surface area contributed by atoms with E-state index in [9.17, 15) is 0 Å². The maximum Gasteiger partial charge on any atom is 0.0412 e. The van der Waals surface area contributed by atoms with Crippen LogP contribution in [0.15, 0.2) is 22.3 Å². The standard InChI is InChI=1S/C14H18/c1-2-6-12-10-14-8-4-3-7-13(14)9-11(12)5-1/h1-9H2. The highest BCUT2D eigenvalue weighted by Gasteiger charge is 2.24. The van der Waals surface area contributed by atoms with Gasteiger partial charge in [-0.3, -0.25) is 0 Å². The van der Waals surface area contributed by atoms with Crippen LogP contribution in [0.5, 0.6) is 0 Å². The second-order valence-electron chi connectivity index (χ2n) is 4.88. The van der Waals surface area contributed by atoms with Crippen molar-refractivity contribution < 1.29 is 0 Å². The molecule has 0 aromatic carbocycles. The van der Waals surface area contributed by atoms with Gasteiger partial charge >= 0.3 is 0 Å². The summed E-state index contributed by atoms with van der Waals surface area (Å²) in [4.78, 5) is 0. The Labute approximate surface area is 87.1 Å². The van der Waals surface area contributed by atoms with E-state index in [0.29, 0.717) is 0 Å². The van der Waals surface area contributed by atoms with Crippen LogP contribution in [0.4, 0.5) is 0 Å². The van der Waals surface area contributed by atoms with Crippen molar-refractivity contribution in [2.75, 3.05) is 0 Å². The molecule has 14 heavy (non-hydrogen) atoms. The lowest BCUT2D eigenvalue weighted by atomic mass is 9.75. The molecule has 2 radical (unpaired) electrons. The predicted octanol–water partition coefficient (Wildman–Crippen LogP) is 4.21. The van der Waals surface area contributed by atoms with Crippen molar-refractivity contribution in [3.63, 3.8) is 0 Å². The maximum absolute atomic E-state index is 3.72. The molecule has 0 spiro atoms. The van der Waals surface area contributed by atoms with E-state index in [0.717, 1.165) is 0 Å². The van der Waals surface area contributed by atoms with Gasteiger partial charge < -0.3 is 0 Å². The number of hydrogen-bond donors (Lipinski definition) is 0. The van der Waals surface area contributed by atoms with E-state index in [1.165, 1.54) is 57.8 Å². The van der Waals surface area contributed by atoms with Crippen LogP contribution >= 0.6 is 0 Å².